The largest absolute Gasteiger partial charge is 0.481 e. The third-order valence-corrected chi connectivity index (χ3v) is 3.46. The van der Waals surface area contributed by atoms with Crippen molar-refractivity contribution in [1.82, 2.24) is 4.90 Å². The van der Waals surface area contributed by atoms with Crippen molar-refractivity contribution in [3.05, 3.63) is 0 Å². The molecular weight excluding hydrogens is 166 g/mol. The molecule has 0 aromatic rings. The van der Waals surface area contributed by atoms with E-state index in [0.717, 1.165) is 13.1 Å². The topological polar surface area (TPSA) is 40.5 Å². The van der Waals surface area contributed by atoms with Crippen LogP contribution >= 0.6 is 0 Å². The molecule has 1 saturated heterocycles. The van der Waals surface area contributed by atoms with E-state index in [9.17, 15) is 4.79 Å². The van der Waals surface area contributed by atoms with Crippen LogP contribution in [0.1, 0.15) is 32.6 Å². The molecule has 0 radical (unpaired) electrons. The summed E-state index contributed by atoms with van der Waals surface area (Å²) in [5.41, 5.74) is -0.456. The van der Waals surface area contributed by atoms with Crippen molar-refractivity contribution in [2.75, 3.05) is 13.1 Å². The Balaban J connectivity index is 1.86. The summed E-state index contributed by atoms with van der Waals surface area (Å²) in [5.74, 6) is -0.637. The molecule has 0 bridgehead atoms. The Hall–Kier alpha value is -0.570. The smallest absolute Gasteiger partial charge is 0.311 e. The van der Waals surface area contributed by atoms with Gasteiger partial charge in [0.15, 0.2) is 0 Å². The number of hydrogen-bond donors (Lipinski definition) is 1. The van der Waals surface area contributed by atoms with Gasteiger partial charge in [-0.15, -0.1) is 0 Å². The van der Waals surface area contributed by atoms with Gasteiger partial charge >= 0.3 is 5.97 Å². The lowest BCUT2D eigenvalue weighted by Crippen LogP contribution is -2.61. The second-order valence-electron chi connectivity index (χ2n) is 4.71. The van der Waals surface area contributed by atoms with Crippen LogP contribution < -0.4 is 0 Å². The molecule has 1 saturated carbocycles. The quantitative estimate of drug-likeness (QED) is 0.702. The number of rotatable bonds is 2. The number of nitrogens with zero attached hydrogens (tertiary/aromatic N) is 1. The fourth-order valence-electron chi connectivity index (χ4n) is 2.51. The Morgan fingerprint density at radius 3 is 2.38 bits per heavy atom. The number of hydrogen-bond acceptors (Lipinski definition) is 2. The molecule has 0 aromatic heterocycles. The molecule has 0 aromatic carbocycles. The van der Waals surface area contributed by atoms with Gasteiger partial charge in [0, 0.05) is 19.1 Å². The van der Waals surface area contributed by atoms with Crippen molar-refractivity contribution in [3.8, 4) is 0 Å². The summed E-state index contributed by atoms with van der Waals surface area (Å²) in [7, 11) is 0. The van der Waals surface area contributed by atoms with E-state index in [1.54, 1.807) is 0 Å². The van der Waals surface area contributed by atoms with E-state index in [1.807, 2.05) is 6.92 Å². The van der Waals surface area contributed by atoms with E-state index in [0.29, 0.717) is 6.04 Å². The van der Waals surface area contributed by atoms with Gasteiger partial charge in [0.25, 0.3) is 0 Å². The van der Waals surface area contributed by atoms with Gasteiger partial charge in [0.05, 0.1) is 5.41 Å². The van der Waals surface area contributed by atoms with Crippen molar-refractivity contribution in [2.24, 2.45) is 5.41 Å². The summed E-state index contributed by atoms with van der Waals surface area (Å²) in [5, 5.41) is 8.93. The van der Waals surface area contributed by atoms with Crippen LogP contribution in [0, 0.1) is 5.41 Å². The third kappa shape index (κ3) is 1.46. The number of likely N-dealkylation sites (tertiary alicyclic amines) is 1. The van der Waals surface area contributed by atoms with Crippen LogP contribution in [0.4, 0.5) is 0 Å². The first-order valence-electron chi connectivity index (χ1n) is 5.09. The van der Waals surface area contributed by atoms with E-state index in [2.05, 4.69) is 4.90 Å². The summed E-state index contributed by atoms with van der Waals surface area (Å²) >= 11 is 0. The zero-order chi connectivity index (χ0) is 9.47. The van der Waals surface area contributed by atoms with Gasteiger partial charge in [-0.2, -0.15) is 0 Å². The van der Waals surface area contributed by atoms with Crippen LogP contribution in [0.15, 0.2) is 0 Å². The standard InChI is InChI=1S/C10H17NO2/c1-10(9(12)13)6-11(7-10)8-4-2-3-5-8/h8H,2-7H2,1H3,(H,12,13). The average molecular weight is 183 g/mol. The molecule has 3 heteroatoms. The molecule has 0 atom stereocenters. The fraction of sp³-hybridized carbons (Fsp3) is 0.900. The lowest BCUT2D eigenvalue weighted by molar-refractivity contribution is -0.160. The molecular formula is C10H17NO2. The molecule has 0 spiro atoms. The van der Waals surface area contributed by atoms with Gasteiger partial charge < -0.3 is 5.11 Å². The minimum atomic E-state index is -0.637. The highest BCUT2D eigenvalue weighted by atomic mass is 16.4. The number of carboxylic acid groups (broad SMARTS) is 1. The number of carbonyl (C=O) groups is 1. The van der Waals surface area contributed by atoms with E-state index in [4.69, 9.17) is 5.11 Å². The van der Waals surface area contributed by atoms with Crippen LogP contribution in [0.3, 0.4) is 0 Å². The normalized spacial score (nSPS) is 28.7. The van der Waals surface area contributed by atoms with Gasteiger partial charge in [-0.05, 0) is 19.8 Å². The zero-order valence-corrected chi connectivity index (χ0v) is 8.12. The second-order valence-corrected chi connectivity index (χ2v) is 4.71. The molecule has 1 heterocycles. The Morgan fingerprint density at radius 2 is 1.92 bits per heavy atom. The maximum Gasteiger partial charge on any atom is 0.311 e. The summed E-state index contributed by atoms with van der Waals surface area (Å²) < 4.78 is 0. The Kier molecular flexibility index (Phi) is 2.06. The van der Waals surface area contributed by atoms with Crippen molar-refractivity contribution in [3.63, 3.8) is 0 Å². The van der Waals surface area contributed by atoms with Crippen LogP contribution in [0.25, 0.3) is 0 Å². The second kappa shape index (κ2) is 2.98. The number of aliphatic carboxylic acids is 1. The maximum atomic E-state index is 10.8. The SMILES string of the molecule is CC1(C(=O)O)CN(C2CCCC2)C1. The minimum Gasteiger partial charge on any atom is -0.481 e. The highest BCUT2D eigenvalue weighted by Crippen LogP contribution is 2.36. The Labute approximate surface area is 78.7 Å². The summed E-state index contributed by atoms with van der Waals surface area (Å²) in [6.07, 6.45) is 5.20. The molecule has 2 rings (SSSR count). The molecule has 1 aliphatic heterocycles. The Morgan fingerprint density at radius 1 is 1.38 bits per heavy atom. The third-order valence-electron chi connectivity index (χ3n) is 3.46. The van der Waals surface area contributed by atoms with Crippen LogP contribution in [0.5, 0.6) is 0 Å². The van der Waals surface area contributed by atoms with Gasteiger partial charge in [-0.1, -0.05) is 12.8 Å². The van der Waals surface area contributed by atoms with Gasteiger partial charge in [-0.3, -0.25) is 9.69 Å². The maximum absolute atomic E-state index is 10.8. The van der Waals surface area contributed by atoms with Gasteiger partial charge in [0.1, 0.15) is 0 Å². The predicted octanol–water partition coefficient (Wildman–Crippen LogP) is 1.34. The molecule has 13 heavy (non-hydrogen) atoms. The molecule has 2 aliphatic rings. The lowest BCUT2D eigenvalue weighted by atomic mass is 9.81. The van der Waals surface area contributed by atoms with Crippen LogP contribution in [-0.4, -0.2) is 35.1 Å². The zero-order valence-electron chi connectivity index (χ0n) is 8.12. The predicted molar refractivity (Wildman–Crippen MR) is 49.6 cm³/mol. The summed E-state index contributed by atoms with van der Waals surface area (Å²) in [6.45, 7) is 3.36. The van der Waals surface area contributed by atoms with E-state index >= 15 is 0 Å². The van der Waals surface area contributed by atoms with Crippen LogP contribution in [0.2, 0.25) is 0 Å². The Bertz CT molecular complexity index is 215. The van der Waals surface area contributed by atoms with Gasteiger partial charge in [-0.25, -0.2) is 0 Å². The highest BCUT2D eigenvalue weighted by molar-refractivity contribution is 5.76. The fourth-order valence-corrected chi connectivity index (χ4v) is 2.51. The molecule has 2 fully saturated rings. The van der Waals surface area contributed by atoms with Crippen molar-refractivity contribution >= 4 is 5.97 Å². The van der Waals surface area contributed by atoms with E-state index in [1.165, 1.54) is 25.7 Å². The minimum absolute atomic E-state index is 0.456. The number of carboxylic acids is 1. The van der Waals surface area contributed by atoms with Crippen molar-refractivity contribution in [1.29, 1.82) is 0 Å². The molecule has 0 amide bonds. The first-order chi connectivity index (χ1) is 6.12. The first-order valence-corrected chi connectivity index (χ1v) is 5.09. The van der Waals surface area contributed by atoms with Crippen molar-refractivity contribution in [2.45, 2.75) is 38.6 Å². The molecule has 0 unspecified atom stereocenters. The summed E-state index contributed by atoms with van der Waals surface area (Å²) in [4.78, 5) is 13.2. The molecule has 1 aliphatic carbocycles. The molecule has 3 nitrogen and oxygen atoms in total. The summed E-state index contributed by atoms with van der Waals surface area (Å²) in [6, 6.07) is 0.687. The first kappa shape index (κ1) is 9.00. The lowest BCUT2D eigenvalue weighted by Gasteiger charge is -2.48. The van der Waals surface area contributed by atoms with Crippen molar-refractivity contribution < 1.29 is 9.90 Å². The molecule has 74 valence electrons. The van der Waals surface area contributed by atoms with Gasteiger partial charge in [0.2, 0.25) is 0 Å². The van der Waals surface area contributed by atoms with E-state index < -0.39 is 11.4 Å². The highest BCUT2D eigenvalue weighted by Gasteiger charge is 2.47. The molecule has 1 N–H and O–H groups in total. The van der Waals surface area contributed by atoms with E-state index in [-0.39, 0.29) is 0 Å². The monoisotopic (exact) mass is 183 g/mol. The average Bonchev–Trinajstić information content (AvgIpc) is 2.49. The van der Waals surface area contributed by atoms with Crippen LogP contribution in [-0.2, 0) is 4.79 Å².